The first-order valence-corrected chi connectivity index (χ1v) is 5.91. The molecule has 2 aromatic rings. The van der Waals surface area contributed by atoms with Gasteiger partial charge in [0.1, 0.15) is 11.5 Å². The molecule has 2 rings (SSSR count). The summed E-state index contributed by atoms with van der Waals surface area (Å²) in [5, 5.41) is 9.69. The van der Waals surface area contributed by atoms with Crippen LogP contribution in [0.25, 0.3) is 0 Å². The molecule has 0 unspecified atom stereocenters. The molecule has 5 heteroatoms. The van der Waals surface area contributed by atoms with Crippen molar-refractivity contribution in [2.75, 3.05) is 5.32 Å². The third-order valence-electron chi connectivity index (χ3n) is 2.75. The van der Waals surface area contributed by atoms with Gasteiger partial charge in [-0.2, -0.15) is 5.10 Å². The first kappa shape index (κ1) is 12.4. The number of furan rings is 1. The lowest BCUT2D eigenvalue weighted by molar-refractivity contribution is 0.102. The van der Waals surface area contributed by atoms with Crippen LogP contribution < -0.4 is 5.32 Å². The summed E-state index contributed by atoms with van der Waals surface area (Å²) in [5.74, 6) is 2.02. The van der Waals surface area contributed by atoms with Crippen LogP contribution in [0, 0.1) is 13.8 Å². The van der Waals surface area contributed by atoms with E-state index in [9.17, 15) is 4.79 Å². The molecule has 0 radical (unpaired) electrons. The van der Waals surface area contributed by atoms with E-state index >= 15 is 0 Å². The molecule has 18 heavy (non-hydrogen) atoms. The van der Waals surface area contributed by atoms with Gasteiger partial charge < -0.3 is 9.73 Å². The van der Waals surface area contributed by atoms with E-state index in [1.165, 1.54) is 0 Å². The van der Waals surface area contributed by atoms with Gasteiger partial charge in [-0.1, -0.05) is 13.8 Å². The van der Waals surface area contributed by atoms with E-state index in [0.29, 0.717) is 23.1 Å². The smallest absolute Gasteiger partial charge is 0.260 e. The van der Waals surface area contributed by atoms with Crippen LogP contribution in [-0.4, -0.2) is 16.1 Å². The summed E-state index contributed by atoms with van der Waals surface area (Å²) < 4.78 is 5.33. The molecule has 0 spiro atoms. The van der Waals surface area contributed by atoms with Crippen molar-refractivity contribution in [3.63, 3.8) is 0 Å². The van der Waals surface area contributed by atoms with E-state index in [0.717, 1.165) is 11.5 Å². The molecule has 0 aliphatic carbocycles. The van der Waals surface area contributed by atoms with Crippen molar-refractivity contribution in [2.45, 2.75) is 33.6 Å². The van der Waals surface area contributed by atoms with Crippen LogP contribution in [0.3, 0.4) is 0 Å². The average molecular weight is 247 g/mol. The minimum absolute atomic E-state index is 0.203. The highest BCUT2D eigenvalue weighted by Crippen LogP contribution is 2.18. The molecule has 0 atom stereocenters. The second-order valence-electron chi connectivity index (χ2n) is 4.64. The first-order valence-electron chi connectivity index (χ1n) is 5.91. The third-order valence-corrected chi connectivity index (χ3v) is 2.75. The van der Waals surface area contributed by atoms with Crippen LogP contribution in [0.5, 0.6) is 0 Å². The van der Waals surface area contributed by atoms with Crippen molar-refractivity contribution in [1.29, 1.82) is 0 Å². The third kappa shape index (κ3) is 2.45. The normalized spacial score (nSPS) is 10.9. The van der Waals surface area contributed by atoms with Crippen molar-refractivity contribution in [2.24, 2.45) is 0 Å². The van der Waals surface area contributed by atoms with Gasteiger partial charge >= 0.3 is 0 Å². The Hall–Kier alpha value is -2.04. The van der Waals surface area contributed by atoms with Crippen LogP contribution in [0.4, 0.5) is 5.82 Å². The number of hydrogen-bond donors (Lipinski definition) is 2. The second kappa shape index (κ2) is 4.68. The maximum atomic E-state index is 12.0. The SMILES string of the molecule is Cc1cc(C(=O)Nc2cc(C(C)C)[nH]n2)c(C)o1. The summed E-state index contributed by atoms with van der Waals surface area (Å²) in [5.41, 5.74) is 1.53. The molecule has 1 amide bonds. The van der Waals surface area contributed by atoms with E-state index in [2.05, 4.69) is 29.4 Å². The Bertz CT molecular complexity index is 567. The molecule has 0 aliphatic rings. The van der Waals surface area contributed by atoms with Crippen LogP contribution in [-0.2, 0) is 0 Å². The van der Waals surface area contributed by atoms with E-state index in [1.807, 2.05) is 13.0 Å². The monoisotopic (exact) mass is 247 g/mol. The number of aromatic nitrogens is 2. The summed E-state index contributed by atoms with van der Waals surface area (Å²) >= 11 is 0. The number of carbonyl (C=O) groups excluding carboxylic acids is 1. The van der Waals surface area contributed by atoms with Gasteiger partial charge in [0.2, 0.25) is 0 Å². The van der Waals surface area contributed by atoms with Gasteiger partial charge in [0.15, 0.2) is 5.82 Å². The predicted octanol–water partition coefficient (Wildman–Crippen LogP) is 3.00. The number of carbonyl (C=O) groups is 1. The largest absolute Gasteiger partial charge is 0.466 e. The topological polar surface area (TPSA) is 70.9 Å². The molecule has 0 saturated heterocycles. The first-order chi connectivity index (χ1) is 8.47. The van der Waals surface area contributed by atoms with Gasteiger partial charge in [-0.15, -0.1) is 0 Å². The van der Waals surface area contributed by atoms with E-state index in [4.69, 9.17) is 4.42 Å². The van der Waals surface area contributed by atoms with Crippen LogP contribution in [0.1, 0.15) is 47.3 Å². The Morgan fingerprint density at radius 3 is 2.61 bits per heavy atom. The number of nitrogens with one attached hydrogen (secondary N) is 2. The number of hydrogen-bond acceptors (Lipinski definition) is 3. The lowest BCUT2D eigenvalue weighted by atomic mass is 10.1. The van der Waals surface area contributed by atoms with Crippen LogP contribution in [0.15, 0.2) is 16.5 Å². The lowest BCUT2D eigenvalue weighted by Gasteiger charge is -1.99. The molecular formula is C13H17N3O2. The van der Waals surface area contributed by atoms with Crippen LogP contribution >= 0.6 is 0 Å². The fraction of sp³-hybridized carbons (Fsp3) is 0.385. The molecule has 0 fully saturated rings. The molecule has 2 heterocycles. The minimum Gasteiger partial charge on any atom is -0.466 e. The van der Waals surface area contributed by atoms with Crippen molar-refractivity contribution in [3.05, 3.63) is 34.9 Å². The van der Waals surface area contributed by atoms with Gasteiger partial charge in [0, 0.05) is 11.8 Å². The summed E-state index contributed by atoms with van der Waals surface area (Å²) in [6, 6.07) is 3.56. The number of anilines is 1. The Morgan fingerprint density at radius 1 is 1.39 bits per heavy atom. The summed E-state index contributed by atoms with van der Waals surface area (Å²) in [6.07, 6.45) is 0. The average Bonchev–Trinajstić information content (AvgIpc) is 2.85. The highest BCUT2D eigenvalue weighted by molar-refractivity contribution is 6.04. The Kier molecular flexibility index (Phi) is 3.23. The van der Waals surface area contributed by atoms with Crippen molar-refractivity contribution in [3.8, 4) is 0 Å². The maximum absolute atomic E-state index is 12.0. The second-order valence-corrected chi connectivity index (χ2v) is 4.64. The Balaban J connectivity index is 2.13. The van der Waals surface area contributed by atoms with E-state index in [-0.39, 0.29) is 5.91 Å². The van der Waals surface area contributed by atoms with Gasteiger partial charge in [-0.3, -0.25) is 9.89 Å². The molecular weight excluding hydrogens is 230 g/mol. The summed E-state index contributed by atoms with van der Waals surface area (Å²) in [7, 11) is 0. The predicted molar refractivity (Wildman–Crippen MR) is 68.8 cm³/mol. The molecule has 2 aromatic heterocycles. The van der Waals surface area contributed by atoms with Gasteiger partial charge in [-0.25, -0.2) is 0 Å². The van der Waals surface area contributed by atoms with Gasteiger partial charge in [0.05, 0.1) is 5.56 Å². The molecule has 0 bridgehead atoms. The lowest BCUT2D eigenvalue weighted by Crippen LogP contribution is -2.12. The van der Waals surface area contributed by atoms with Crippen molar-refractivity contribution >= 4 is 11.7 Å². The molecule has 0 aromatic carbocycles. The number of aryl methyl sites for hydroxylation is 2. The molecule has 5 nitrogen and oxygen atoms in total. The number of aromatic amines is 1. The molecule has 0 saturated carbocycles. The number of rotatable bonds is 3. The molecule has 96 valence electrons. The number of H-pyrrole nitrogens is 1. The quantitative estimate of drug-likeness (QED) is 0.875. The van der Waals surface area contributed by atoms with Crippen molar-refractivity contribution in [1.82, 2.24) is 10.2 Å². The van der Waals surface area contributed by atoms with Gasteiger partial charge in [0.25, 0.3) is 5.91 Å². The highest BCUT2D eigenvalue weighted by atomic mass is 16.3. The highest BCUT2D eigenvalue weighted by Gasteiger charge is 2.15. The standard InChI is InChI=1S/C13H17N3O2/c1-7(2)11-6-12(16-15-11)14-13(17)10-5-8(3)18-9(10)4/h5-7H,1-4H3,(H2,14,15,16,17). The minimum atomic E-state index is -0.203. The number of amides is 1. The maximum Gasteiger partial charge on any atom is 0.260 e. The summed E-state index contributed by atoms with van der Waals surface area (Å²) in [6.45, 7) is 7.70. The zero-order valence-electron chi connectivity index (χ0n) is 11.0. The molecule has 2 N–H and O–H groups in total. The Morgan fingerprint density at radius 2 is 2.11 bits per heavy atom. The fourth-order valence-corrected chi connectivity index (χ4v) is 1.74. The Labute approximate surface area is 106 Å². The number of nitrogens with zero attached hydrogens (tertiary/aromatic N) is 1. The van der Waals surface area contributed by atoms with Gasteiger partial charge in [-0.05, 0) is 25.8 Å². The fourth-order valence-electron chi connectivity index (χ4n) is 1.74. The summed E-state index contributed by atoms with van der Waals surface area (Å²) in [4.78, 5) is 12.0. The van der Waals surface area contributed by atoms with E-state index < -0.39 is 0 Å². The van der Waals surface area contributed by atoms with Crippen LogP contribution in [0.2, 0.25) is 0 Å². The molecule has 0 aliphatic heterocycles. The zero-order chi connectivity index (χ0) is 13.3. The zero-order valence-corrected chi connectivity index (χ0v) is 11.0. The van der Waals surface area contributed by atoms with E-state index in [1.54, 1.807) is 13.0 Å². The van der Waals surface area contributed by atoms with Crippen molar-refractivity contribution < 1.29 is 9.21 Å².